The smallest absolute Gasteiger partial charge is 0.260 e. The predicted octanol–water partition coefficient (Wildman–Crippen LogP) is 2.19. The second-order valence-electron chi connectivity index (χ2n) is 4.22. The van der Waals surface area contributed by atoms with Gasteiger partial charge in [-0.05, 0) is 24.6 Å². The Bertz CT molecular complexity index is 665. The molecule has 5 nitrogen and oxygen atoms in total. The molecule has 0 aliphatic heterocycles. The molecule has 2 aromatic rings. The third-order valence-electron chi connectivity index (χ3n) is 2.69. The van der Waals surface area contributed by atoms with Gasteiger partial charge in [-0.15, -0.1) is 0 Å². The van der Waals surface area contributed by atoms with Gasteiger partial charge in [0.05, 0.1) is 6.20 Å². The molecule has 0 saturated carbocycles. The number of hydrogen-bond acceptors (Lipinski definition) is 3. The molecule has 2 rings (SSSR count). The topological polar surface area (TPSA) is 66.1 Å². The van der Waals surface area contributed by atoms with Gasteiger partial charge in [0.1, 0.15) is 5.82 Å². The van der Waals surface area contributed by atoms with Crippen LogP contribution in [0.3, 0.4) is 0 Å². The Morgan fingerprint density at radius 1 is 1.32 bits per heavy atom. The molecule has 0 saturated heterocycles. The van der Waals surface area contributed by atoms with Gasteiger partial charge >= 0.3 is 0 Å². The Balaban J connectivity index is 2.19. The number of benzene rings is 1. The average Bonchev–Trinajstić information content (AvgIpc) is 2.79. The van der Waals surface area contributed by atoms with Crippen molar-refractivity contribution in [2.45, 2.75) is 18.5 Å². The van der Waals surface area contributed by atoms with E-state index in [0.717, 1.165) is 5.56 Å². The zero-order valence-corrected chi connectivity index (χ0v) is 12.2. The fraction of sp³-hybridized carbons (Fsp3) is 0.250. The van der Waals surface area contributed by atoms with E-state index in [9.17, 15) is 8.42 Å². The predicted molar refractivity (Wildman–Crippen MR) is 73.4 cm³/mol. The summed E-state index contributed by atoms with van der Waals surface area (Å²) in [5, 5.41) is 0.722. The fourth-order valence-electron chi connectivity index (χ4n) is 1.63. The van der Waals surface area contributed by atoms with Crippen molar-refractivity contribution in [3.05, 3.63) is 46.9 Å². The van der Waals surface area contributed by atoms with E-state index in [1.165, 1.54) is 17.5 Å². The molecule has 0 fully saturated rings. The third kappa shape index (κ3) is 3.15. The summed E-state index contributed by atoms with van der Waals surface area (Å²) in [6.45, 7) is 1.98. The van der Waals surface area contributed by atoms with Crippen LogP contribution in [-0.4, -0.2) is 29.7 Å². The zero-order chi connectivity index (χ0) is 14.0. The lowest BCUT2D eigenvalue weighted by atomic mass is 10.2. The van der Waals surface area contributed by atoms with Crippen LogP contribution in [0.4, 0.5) is 0 Å². The maximum absolute atomic E-state index is 12.2. The fourth-order valence-corrected chi connectivity index (χ4v) is 2.87. The van der Waals surface area contributed by atoms with Crippen LogP contribution >= 0.6 is 11.6 Å². The molecule has 0 aliphatic rings. The van der Waals surface area contributed by atoms with Crippen molar-refractivity contribution < 1.29 is 8.42 Å². The lowest BCUT2D eigenvalue weighted by Crippen LogP contribution is -2.26. The number of halogens is 1. The quantitative estimate of drug-likeness (QED) is 0.941. The van der Waals surface area contributed by atoms with Crippen LogP contribution in [0.25, 0.3) is 0 Å². The Kier molecular flexibility index (Phi) is 3.93. The van der Waals surface area contributed by atoms with Gasteiger partial charge in [-0.2, -0.15) is 4.31 Å². The molecule has 19 heavy (non-hydrogen) atoms. The standard InChI is InChI=1S/C12H14ClN3O2S/c1-9-14-7-12(15-9)19(17,18)16(2)8-10-3-5-11(13)6-4-10/h3-7H,8H2,1-2H3,(H,14,15). The summed E-state index contributed by atoms with van der Waals surface area (Å²) >= 11 is 5.79. The number of rotatable bonds is 4. The van der Waals surface area contributed by atoms with E-state index in [4.69, 9.17) is 11.6 Å². The van der Waals surface area contributed by atoms with E-state index in [2.05, 4.69) is 9.97 Å². The van der Waals surface area contributed by atoms with Crippen LogP contribution in [0.2, 0.25) is 5.02 Å². The Hall–Kier alpha value is -1.37. The molecule has 102 valence electrons. The third-order valence-corrected chi connectivity index (χ3v) is 4.65. The maximum Gasteiger partial charge on any atom is 0.260 e. The number of hydrogen-bond donors (Lipinski definition) is 1. The Labute approximate surface area is 117 Å². The van der Waals surface area contributed by atoms with Gasteiger partial charge < -0.3 is 4.98 Å². The highest BCUT2D eigenvalue weighted by atomic mass is 35.5. The molecule has 0 atom stereocenters. The first-order valence-corrected chi connectivity index (χ1v) is 7.44. The Morgan fingerprint density at radius 2 is 1.95 bits per heavy atom. The normalized spacial score (nSPS) is 12.0. The maximum atomic E-state index is 12.2. The van der Waals surface area contributed by atoms with Crippen LogP contribution in [-0.2, 0) is 16.6 Å². The zero-order valence-electron chi connectivity index (χ0n) is 10.6. The second kappa shape index (κ2) is 5.32. The number of imidazole rings is 1. The number of nitrogens with zero attached hydrogens (tertiary/aromatic N) is 2. The molecule has 0 radical (unpaired) electrons. The number of aromatic nitrogens is 2. The summed E-state index contributed by atoms with van der Waals surface area (Å²) in [6, 6.07) is 7.06. The molecule has 1 heterocycles. The van der Waals surface area contributed by atoms with Gasteiger partial charge in [0.2, 0.25) is 0 Å². The molecule has 0 aliphatic carbocycles. The van der Waals surface area contributed by atoms with Crippen LogP contribution in [0.15, 0.2) is 35.5 Å². The van der Waals surface area contributed by atoms with Crippen molar-refractivity contribution in [2.24, 2.45) is 0 Å². The first kappa shape index (κ1) is 14.0. The summed E-state index contributed by atoms with van der Waals surface area (Å²) < 4.78 is 25.8. The van der Waals surface area contributed by atoms with Gasteiger partial charge in [-0.3, -0.25) is 0 Å². The molecule has 0 amide bonds. The minimum Gasteiger partial charge on any atom is -0.332 e. The van der Waals surface area contributed by atoms with Crippen molar-refractivity contribution in [3.8, 4) is 0 Å². The summed E-state index contributed by atoms with van der Waals surface area (Å²) in [7, 11) is -2.02. The summed E-state index contributed by atoms with van der Waals surface area (Å²) in [5.41, 5.74) is 0.867. The van der Waals surface area contributed by atoms with Crippen molar-refractivity contribution >= 4 is 21.6 Å². The molecule has 0 bridgehead atoms. The number of nitrogens with one attached hydrogen (secondary N) is 1. The highest BCUT2D eigenvalue weighted by molar-refractivity contribution is 7.89. The van der Waals surface area contributed by atoms with Crippen LogP contribution in [0.1, 0.15) is 11.4 Å². The van der Waals surface area contributed by atoms with Crippen LogP contribution in [0.5, 0.6) is 0 Å². The van der Waals surface area contributed by atoms with Gasteiger partial charge in [-0.25, -0.2) is 13.4 Å². The highest BCUT2D eigenvalue weighted by Crippen LogP contribution is 2.16. The highest BCUT2D eigenvalue weighted by Gasteiger charge is 2.22. The van der Waals surface area contributed by atoms with E-state index in [-0.39, 0.29) is 11.6 Å². The van der Waals surface area contributed by atoms with E-state index in [1.807, 2.05) is 0 Å². The van der Waals surface area contributed by atoms with Crippen molar-refractivity contribution in [3.63, 3.8) is 0 Å². The summed E-state index contributed by atoms with van der Waals surface area (Å²) in [6.07, 6.45) is 1.32. The van der Waals surface area contributed by atoms with E-state index >= 15 is 0 Å². The molecule has 1 aromatic carbocycles. The SMILES string of the molecule is Cc1ncc(S(=O)(=O)N(C)Cc2ccc(Cl)cc2)[nH]1. The molecule has 0 spiro atoms. The van der Waals surface area contributed by atoms with E-state index in [1.54, 1.807) is 31.2 Å². The number of sulfonamides is 1. The van der Waals surface area contributed by atoms with Gasteiger partial charge in [0.15, 0.2) is 5.03 Å². The van der Waals surface area contributed by atoms with Crippen molar-refractivity contribution in [2.75, 3.05) is 7.05 Å². The van der Waals surface area contributed by atoms with Crippen molar-refractivity contribution in [1.29, 1.82) is 0 Å². The van der Waals surface area contributed by atoms with Crippen LogP contribution in [0, 0.1) is 6.92 Å². The molecular weight excluding hydrogens is 286 g/mol. The van der Waals surface area contributed by atoms with Crippen molar-refractivity contribution in [1.82, 2.24) is 14.3 Å². The second-order valence-corrected chi connectivity index (χ2v) is 6.67. The Morgan fingerprint density at radius 3 is 2.47 bits per heavy atom. The van der Waals surface area contributed by atoms with Gasteiger partial charge in [0.25, 0.3) is 10.0 Å². The monoisotopic (exact) mass is 299 g/mol. The van der Waals surface area contributed by atoms with E-state index in [0.29, 0.717) is 10.8 Å². The molecule has 7 heteroatoms. The van der Waals surface area contributed by atoms with E-state index < -0.39 is 10.0 Å². The number of aromatic amines is 1. The first-order valence-electron chi connectivity index (χ1n) is 5.62. The average molecular weight is 300 g/mol. The molecule has 0 unspecified atom stereocenters. The minimum atomic E-state index is -3.54. The minimum absolute atomic E-state index is 0.0986. The summed E-state index contributed by atoms with van der Waals surface area (Å²) in [5.74, 6) is 0.568. The largest absolute Gasteiger partial charge is 0.332 e. The van der Waals surface area contributed by atoms with Gasteiger partial charge in [-0.1, -0.05) is 23.7 Å². The lowest BCUT2D eigenvalue weighted by Gasteiger charge is -2.15. The molecular formula is C12H14ClN3O2S. The van der Waals surface area contributed by atoms with Crippen LogP contribution < -0.4 is 0 Å². The lowest BCUT2D eigenvalue weighted by molar-refractivity contribution is 0.464. The number of H-pyrrole nitrogens is 1. The number of aryl methyl sites for hydroxylation is 1. The molecule has 1 N–H and O–H groups in total. The van der Waals surface area contributed by atoms with Gasteiger partial charge in [0, 0.05) is 18.6 Å². The summed E-state index contributed by atoms with van der Waals surface area (Å²) in [4.78, 5) is 6.64. The first-order chi connectivity index (χ1) is 8.89. The molecule has 1 aromatic heterocycles.